The van der Waals surface area contributed by atoms with Crippen LogP contribution in [0.2, 0.25) is 5.02 Å². The summed E-state index contributed by atoms with van der Waals surface area (Å²) in [7, 11) is -2.83. The van der Waals surface area contributed by atoms with Crippen LogP contribution in [0.1, 0.15) is 62.2 Å². The molecular weight excluding hydrogens is 590 g/mol. The zero-order chi connectivity index (χ0) is 28.6. The summed E-state index contributed by atoms with van der Waals surface area (Å²) in [5, 5.41) is 13.8. The van der Waals surface area contributed by atoms with Gasteiger partial charge in [-0.1, -0.05) is 17.7 Å². The quantitative estimate of drug-likeness (QED) is 0.307. The van der Waals surface area contributed by atoms with Crippen LogP contribution in [0.5, 0.6) is 0 Å². The number of halogens is 3. The van der Waals surface area contributed by atoms with Gasteiger partial charge in [0.2, 0.25) is 5.78 Å². The molecule has 3 heterocycles. The van der Waals surface area contributed by atoms with Gasteiger partial charge >= 0.3 is 10.3 Å². The highest BCUT2D eigenvalue weighted by molar-refractivity contribution is 7.84. The standard InChI is InChI=1S/C25H25ClF2N4O6S2/c1-29-40(35,36)38-19-8-14(7-18(19)33)32-25-17(10-30-11-31-25)21(34)20-9-16(23(39-20)24(27)28)22-15-6-13(26)3-2-12(15)4-5-37-22/h2-3,6,9-11,14,18-19,22,24,29,33H,4-5,7-8H2,1H3,(H,30,31,32)/t14-,18+,19-,22+/m1/s1. The molecule has 0 radical (unpaired) electrons. The van der Waals surface area contributed by atoms with Crippen LogP contribution in [0.15, 0.2) is 36.8 Å². The molecule has 15 heteroatoms. The summed E-state index contributed by atoms with van der Waals surface area (Å²) in [6.45, 7) is 0.329. The number of aliphatic hydroxyl groups is 1. The highest BCUT2D eigenvalue weighted by atomic mass is 35.5. The number of carbonyl (C=O) groups is 1. The smallest absolute Gasteiger partial charge is 0.335 e. The van der Waals surface area contributed by atoms with Crippen molar-refractivity contribution >= 4 is 44.8 Å². The van der Waals surface area contributed by atoms with E-state index in [2.05, 4.69) is 15.3 Å². The van der Waals surface area contributed by atoms with E-state index in [-0.39, 0.29) is 39.5 Å². The van der Waals surface area contributed by atoms with E-state index in [1.807, 2.05) is 10.8 Å². The predicted molar refractivity (Wildman–Crippen MR) is 143 cm³/mol. The van der Waals surface area contributed by atoms with Gasteiger partial charge in [0.05, 0.1) is 28.0 Å². The summed E-state index contributed by atoms with van der Waals surface area (Å²) in [5.74, 6) is -0.457. The molecule has 10 nitrogen and oxygen atoms in total. The average molecular weight is 615 g/mol. The lowest BCUT2D eigenvalue weighted by Crippen LogP contribution is -2.31. The Morgan fingerprint density at radius 3 is 2.83 bits per heavy atom. The molecule has 0 saturated heterocycles. The normalized spacial score (nSPS) is 22.9. The number of aromatic nitrogens is 2. The molecule has 0 spiro atoms. The zero-order valence-corrected chi connectivity index (χ0v) is 23.4. The second kappa shape index (κ2) is 11.7. The van der Waals surface area contributed by atoms with Crippen molar-refractivity contribution in [1.82, 2.24) is 14.7 Å². The monoisotopic (exact) mass is 614 g/mol. The van der Waals surface area contributed by atoms with E-state index in [9.17, 15) is 27.1 Å². The van der Waals surface area contributed by atoms with Crippen LogP contribution in [0.25, 0.3) is 0 Å². The second-order valence-electron chi connectivity index (χ2n) is 9.36. The maximum absolute atomic E-state index is 14.2. The average Bonchev–Trinajstić information content (AvgIpc) is 3.51. The van der Waals surface area contributed by atoms with Gasteiger partial charge in [-0.25, -0.2) is 18.7 Å². The first-order chi connectivity index (χ1) is 19.1. The SMILES string of the molecule is CNS(=O)(=O)O[C@@H]1C[C@H](Nc2ncncc2C(=O)c2cc([C@H]3OCCc4ccc(Cl)cc43)c(C(F)F)s2)C[C@@H]1O. The van der Waals surface area contributed by atoms with Crippen LogP contribution >= 0.6 is 22.9 Å². The number of anilines is 1. The molecule has 1 aliphatic carbocycles. The Kier molecular flexibility index (Phi) is 8.47. The Balaban J connectivity index is 1.42. The first kappa shape index (κ1) is 28.9. The molecule has 0 unspecified atom stereocenters. The highest BCUT2D eigenvalue weighted by Gasteiger charge is 2.38. The number of nitrogens with zero attached hydrogens (tertiary/aromatic N) is 2. The Bertz CT molecular complexity index is 1520. The van der Waals surface area contributed by atoms with E-state index in [1.54, 1.807) is 12.1 Å². The Morgan fingerprint density at radius 1 is 1.27 bits per heavy atom. The number of hydrogen-bond acceptors (Lipinski definition) is 10. The lowest BCUT2D eigenvalue weighted by atomic mass is 9.93. The van der Waals surface area contributed by atoms with Gasteiger partial charge < -0.3 is 15.2 Å². The Morgan fingerprint density at radius 2 is 2.08 bits per heavy atom. The number of ketones is 1. The summed E-state index contributed by atoms with van der Waals surface area (Å²) >= 11 is 6.85. The summed E-state index contributed by atoms with van der Waals surface area (Å²) in [4.78, 5) is 21.4. The van der Waals surface area contributed by atoms with Crippen molar-refractivity contribution < 1.29 is 36.0 Å². The van der Waals surface area contributed by atoms with Gasteiger partial charge in [0.15, 0.2) is 0 Å². The minimum absolute atomic E-state index is 0.0332. The fourth-order valence-electron chi connectivity index (χ4n) is 4.92. The number of carbonyl (C=O) groups excluding carboxylic acids is 1. The van der Waals surface area contributed by atoms with Crippen LogP contribution in [-0.2, 0) is 25.6 Å². The molecule has 0 amide bonds. The number of thiophene rings is 1. The van der Waals surface area contributed by atoms with Gasteiger partial charge in [0, 0.05) is 29.9 Å². The van der Waals surface area contributed by atoms with Crippen molar-refractivity contribution in [2.45, 2.75) is 50.0 Å². The largest absolute Gasteiger partial charge is 0.390 e. The second-order valence-corrected chi connectivity index (χ2v) is 12.4. The lowest BCUT2D eigenvalue weighted by Gasteiger charge is -2.26. The molecule has 214 valence electrons. The zero-order valence-electron chi connectivity index (χ0n) is 21.0. The fourth-order valence-corrected chi connectivity index (χ4v) is 6.73. The maximum atomic E-state index is 14.2. The molecular formula is C25H25ClF2N4O6S2. The Hall–Kier alpha value is -2.59. The number of fused-ring (bicyclic) bond motifs is 1. The number of ether oxygens (including phenoxy) is 1. The van der Waals surface area contributed by atoms with Crippen LogP contribution in [0.4, 0.5) is 14.6 Å². The molecule has 1 aliphatic heterocycles. The summed E-state index contributed by atoms with van der Waals surface area (Å²) < 4.78 is 64.8. The summed E-state index contributed by atoms with van der Waals surface area (Å²) in [5.41, 5.74) is 1.85. The molecule has 3 N–H and O–H groups in total. The van der Waals surface area contributed by atoms with Gasteiger partial charge in [-0.2, -0.15) is 13.1 Å². The van der Waals surface area contributed by atoms with Crippen LogP contribution in [0, 0.1) is 0 Å². The molecule has 3 aromatic rings. The third-order valence-electron chi connectivity index (χ3n) is 6.81. The summed E-state index contributed by atoms with van der Waals surface area (Å²) in [6.07, 6.45) is -2.40. The molecule has 2 aromatic heterocycles. The molecule has 4 atom stereocenters. The molecule has 1 fully saturated rings. The molecule has 0 bridgehead atoms. The van der Waals surface area contributed by atoms with Gasteiger partial charge in [-0.3, -0.25) is 8.98 Å². The van der Waals surface area contributed by atoms with E-state index in [1.165, 1.54) is 25.6 Å². The first-order valence-corrected chi connectivity index (χ1v) is 14.9. The Labute approximate surface area is 238 Å². The third-order valence-corrected chi connectivity index (χ3v) is 9.20. The van der Waals surface area contributed by atoms with E-state index >= 15 is 0 Å². The summed E-state index contributed by atoms with van der Waals surface area (Å²) in [6, 6.07) is 6.20. The molecule has 2 aliphatic rings. The van der Waals surface area contributed by atoms with Crippen molar-refractivity contribution in [1.29, 1.82) is 0 Å². The van der Waals surface area contributed by atoms with Crippen molar-refractivity contribution in [3.8, 4) is 0 Å². The number of aliphatic hydroxyl groups excluding tert-OH is 1. The van der Waals surface area contributed by atoms with Gasteiger partial charge in [0.1, 0.15) is 24.4 Å². The van der Waals surface area contributed by atoms with Crippen molar-refractivity contribution in [2.75, 3.05) is 19.0 Å². The number of benzene rings is 1. The fraction of sp³-hybridized carbons (Fsp3) is 0.400. The topological polar surface area (TPSA) is 140 Å². The van der Waals surface area contributed by atoms with Crippen LogP contribution in [0.3, 0.4) is 0 Å². The highest BCUT2D eigenvalue weighted by Crippen LogP contribution is 2.43. The first-order valence-electron chi connectivity index (χ1n) is 12.3. The minimum Gasteiger partial charge on any atom is -0.390 e. The lowest BCUT2D eigenvalue weighted by molar-refractivity contribution is 0.0636. The van der Waals surface area contributed by atoms with Crippen molar-refractivity contribution in [2.24, 2.45) is 0 Å². The number of alkyl halides is 2. The maximum Gasteiger partial charge on any atom is 0.335 e. The van der Waals surface area contributed by atoms with E-state index in [4.69, 9.17) is 20.5 Å². The van der Waals surface area contributed by atoms with Crippen molar-refractivity contribution in [3.05, 3.63) is 73.8 Å². The number of hydrogen-bond donors (Lipinski definition) is 3. The third kappa shape index (κ3) is 6.03. The minimum atomic E-state index is -4.02. The van der Waals surface area contributed by atoms with Gasteiger partial charge in [-0.05, 0) is 48.6 Å². The van der Waals surface area contributed by atoms with Gasteiger partial charge in [-0.15, -0.1) is 11.3 Å². The van der Waals surface area contributed by atoms with E-state index in [0.29, 0.717) is 35.0 Å². The molecule has 40 heavy (non-hydrogen) atoms. The van der Waals surface area contributed by atoms with Crippen molar-refractivity contribution in [3.63, 3.8) is 0 Å². The number of nitrogens with one attached hydrogen (secondary N) is 2. The van der Waals surface area contributed by atoms with E-state index in [0.717, 1.165) is 5.56 Å². The molecule has 5 rings (SSSR count). The molecule has 1 saturated carbocycles. The van der Waals surface area contributed by atoms with Crippen LogP contribution < -0.4 is 10.0 Å². The molecule has 1 aromatic carbocycles. The van der Waals surface area contributed by atoms with Gasteiger partial charge in [0.25, 0.3) is 6.43 Å². The number of rotatable bonds is 9. The van der Waals surface area contributed by atoms with Crippen LogP contribution in [-0.4, -0.2) is 61.2 Å². The van der Waals surface area contributed by atoms with E-state index < -0.39 is 46.9 Å². The predicted octanol–water partition coefficient (Wildman–Crippen LogP) is 3.81.